The van der Waals surface area contributed by atoms with Crippen LogP contribution in [0.5, 0.6) is 17.2 Å². The van der Waals surface area contributed by atoms with Crippen LogP contribution in [0.4, 0.5) is 0 Å². The molecule has 0 saturated carbocycles. The van der Waals surface area contributed by atoms with Crippen molar-refractivity contribution in [2.45, 2.75) is 19.4 Å². The molecule has 5 nitrogen and oxygen atoms in total. The first kappa shape index (κ1) is 15.9. The Morgan fingerprint density at radius 2 is 1.76 bits per heavy atom. The van der Waals surface area contributed by atoms with E-state index in [1.807, 2.05) is 12.1 Å². The van der Waals surface area contributed by atoms with Crippen LogP contribution in [0.25, 0.3) is 0 Å². The Morgan fingerprint density at radius 3 is 2.38 bits per heavy atom. The molecule has 0 spiro atoms. The summed E-state index contributed by atoms with van der Waals surface area (Å²) in [6.45, 7) is 4.80. The predicted octanol–water partition coefficient (Wildman–Crippen LogP) is 2.40. The monoisotopic (exact) mass is 295 g/mol. The van der Waals surface area contributed by atoms with Gasteiger partial charge in [0.2, 0.25) is 0 Å². The third-order valence-corrected chi connectivity index (χ3v) is 3.91. The molecule has 1 fully saturated rings. The van der Waals surface area contributed by atoms with Crippen LogP contribution in [0.2, 0.25) is 0 Å². The molecular formula is C16H25NO4. The van der Waals surface area contributed by atoms with Crippen molar-refractivity contribution < 1.29 is 18.9 Å². The largest absolute Gasteiger partial charge is 0.496 e. The topological polar surface area (TPSA) is 49.0 Å². The highest BCUT2D eigenvalue weighted by Gasteiger charge is 2.32. The zero-order chi connectivity index (χ0) is 15.2. The zero-order valence-electron chi connectivity index (χ0n) is 13.3. The molecule has 21 heavy (non-hydrogen) atoms. The molecule has 1 saturated heterocycles. The van der Waals surface area contributed by atoms with Crippen LogP contribution in [-0.4, -0.2) is 41.0 Å². The fraction of sp³-hybridized carbons (Fsp3) is 0.625. The van der Waals surface area contributed by atoms with Gasteiger partial charge >= 0.3 is 0 Å². The SMILES string of the molecule is CCNCC1CCOC1c1cc(OC)c(OC)cc1OC. The summed E-state index contributed by atoms with van der Waals surface area (Å²) in [6, 6.07) is 3.83. The minimum absolute atomic E-state index is 0.0267. The first-order chi connectivity index (χ1) is 10.2. The van der Waals surface area contributed by atoms with Crippen molar-refractivity contribution in [3.63, 3.8) is 0 Å². The van der Waals surface area contributed by atoms with Crippen LogP contribution in [0.15, 0.2) is 12.1 Å². The Kier molecular flexibility index (Phi) is 5.70. The summed E-state index contributed by atoms with van der Waals surface area (Å²) in [7, 11) is 4.93. The van der Waals surface area contributed by atoms with Gasteiger partial charge in [0, 0.05) is 30.7 Å². The highest BCUT2D eigenvalue weighted by atomic mass is 16.5. The van der Waals surface area contributed by atoms with Gasteiger partial charge in [-0.1, -0.05) is 6.92 Å². The van der Waals surface area contributed by atoms with Crippen LogP contribution in [0, 0.1) is 5.92 Å². The first-order valence-electron chi connectivity index (χ1n) is 7.37. The molecule has 0 radical (unpaired) electrons. The van der Waals surface area contributed by atoms with Gasteiger partial charge in [-0.3, -0.25) is 0 Å². The molecule has 1 aromatic carbocycles. The van der Waals surface area contributed by atoms with E-state index < -0.39 is 0 Å². The first-order valence-corrected chi connectivity index (χ1v) is 7.37. The van der Waals surface area contributed by atoms with Crippen LogP contribution in [0.3, 0.4) is 0 Å². The third-order valence-electron chi connectivity index (χ3n) is 3.91. The quantitative estimate of drug-likeness (QED) is 0.837. The van der Waals surface area contributed by atoms with Gasteiger partial charge in [0.05, 0.1) is 27.4 Å². The van der Waals surface area contributed by atoms with Crippen LogP contribution in [-0.2, 0) is 4.74 Å². The predicted molar refractivity (Wildman–Crippen MR) is 81.4 cm³/mol. The van der Waals surface area contributed by atoms with Crippen molar-refractivity contribution in [3.8, 4) is 17.2 Å². The minimum Gasteiger partial charge on any atom is -0.496 e. The number of methoxy groups -OCH3 is 3. The Bertz CT molecular complexity index is 464. The van der Waals surface area contributed by atoms with E-state index in [9.17, 15) is 0 Å². The van der Waals surface area contributed by atoms with Crippen molar-refractivity contribution >= 4 is 0 Å². The normalized spacial score (nSPS) is 21.3. The van der Waals surface area contributed by atoms with E-state index >= 15 is 0 Å². The number of hydrogen-bond acceptors (Lipinski definition) is 5. The molecule has 1 aliphatic heterocycles. The summed E-state index contributed by atoms with van der Waals surface area (Å²) in [5.74, 6) is 2.59. The number of benzene rings is 1. The van der Waals surface area contributed by atoms with E-state index in [-0.39, 0.29) is 6.10 Å². The second-order valence-corrected chi connectivity index (χ2v) is 5.10. The second kappa shape index (κ2) is 7.52. The Balaban J connectivity index is 2.32. The van der Waals surface area contributed by atoms with Gasteiger partial charge in [-0.15, -0.1) is 0 Å². The lowest BCUT2D eigenvalue weighted by Gasteiger charge is -2.22. The molecule has 5 heteroatoms. The number of rotatable bonds is 7. The smallest absolute Gasteiger partial charge is 0.164 e. The molecule has 2 unspecified atom stereocenters. The van der Waals surface area contributed by atoms with Gasteiger partial charge in [0.25, 0.3) is 0 Å². The molecule has 1 heterocycles. The maximum absolute atomic E-state index is 5.95. The maximum Gasteiger partial charge on any atom is 0.164 e. The second-order valence-electron chi connectivity index (χ2n) is 5.10. The molecule has 0 bridgehead atoms. The standard InChI is InChI=1S/C16H25NO4/c1-5-17-10-11-6-7-21-16(11)12-8-14(19-3)15(20-4)9-13(12)18-2/h8-9,11,16-17H,5-7,10H2,1-4H3. The van der Waals surface area contributed by atoms with Crippen LogP contribution < -0.4 is 19.5 Å². The number of hydrogen-bond donors (Lipinski definition) is 1. The molecular weight excluding hydrogens is 270 g/mol. The Morgan fingerprint density at radius 1 is 1.10 bits per heavy atom. The van der Waals surface area contributed by atoms with E-state index in [1.54, 1.807) is 21.3 Å². The zero-order valence-corrected chi connectivity index (χ0v) is 13.3. The molecule has 1 aliphatic rings. The van der Waals surface area contributed by atoms with E-state index in [1.165, 1.54) is 0 Å². The van der Waals surface area contributed by atoms with Crippen molar-refractivity contribution in [1.82, 2.24) is 5.32 Å². The minimum atomic E-state index is 0.0267. The van der Waals surface area contributed by atoms with Gasteiger partial charge in [0.15, 0.2) is 11.5 Å². The Hall–Kier alpha value is -1.46. The van der Waals surface area contributed by atoms with Crippen LogP contribution >= 0.6 is 0 Å². The van der Waals surface area contributed by atoms with E-state index in [0.29, 0.717) is 17.4 Å². The molecule has 2 rings (SSSR count). The molecule has 2 atom stereocenters. The number of nitrogens with one attached hydrogen (secondary N) is 1. The van der Waals surface area contributed by atoms with Crippen molar-refractivity contribution in [2.75, 3.05) is 41.0 Å². The van der Waals surface area contributed by atoms with Gasteiger partial charge in [-0.25, -0.2) is 0 Å². The summed E-state index contributed by atoms with van der Waals surface area (Å²) in [6.07, 6.45) is 1.08. The van der Waals surface area contributed by atoms with E-state index in [2.05, 4.69) is 12.2 Å². The van der Waals surface area contributed by atoms with Crippen molar-refractivity contribution in [2.24, 2.45) is 5.92 Å². The maximum atomic E-state index is 5.95. The average Bonchev–Trinajstić information content (AvgIpc) is 2.99. The van der Waals surface area contributed by atoms with Crippen molar-refractivity contribution in [1.29, 1.82) is 0 Å². The average molecular weight is 295 g/mol. The van der Waals surface area contributed by atoms with Gasteiger partial charge in [-0.05, 0) is 19.0 Å². The lowest BCUT2D eigenvalue weighted by molar-refractivity contribution is 0.0881. The van der Waals surface area contributed by atoms with Crippen molar-refractivity contribution in [3.05, 3.63) is 17.7 Å². The Labute approximate surface area is 126 Å². The molecule has 118 valence electrons. The summed E-state index contributed by atoms with van der Waals surface area (Å²) in [4.78, 5) is 0. The van der Waals surface area contributed by atoms with E-state index in [0.717, 1.165) is 37.4 Å². The molecule has 0 amide bonds. The summed E-state index contributed by atoms with van der Waals surface area (Å²) in [5, 5.41) is 3.40. The van der Waals surface area contributed by atoms with Gasteiger partial charge < -0.3 is 24.3 Å². The molecule has 0 aliphatic carbocycles. The van der Waals surface area contributed by atoms with Crippen LogP contribution in [0.1, 0.15) is 25.0 Å². The van der Waals surface area contributed by atoms with Gasteiger partial charge in [0.1, 0.15) is 5.75 Å². The summed E-state index contributed by atoms with van der Waals surface area (Å²) in [5.41, 5.74) is 1.02. The number of ether oxygens (including phenoxy) is 4. The fourth-order valence-electron chi connectivity index (χ4n) is 2.79. The lowest BCUT2D eigenvalue weighted by Crippen LogP contribution is -2.24. The molecule has 1 aromatic rings. The highest BCUT2D eigenvalue weighted by Crippen LogP contribution is 2.43. The summed E-state index contributed by atoms with van der Waals surface area (Å²) >= 11 is 0. The third kappa shape index (κ3) is 3.41. The lowest BCUT2D eigenvalue weighted by atomic mass is 9.94. The van der Waals surface area contributed by atoms with Gasteiger partial charge in [-0.2, -0.15) is 0 Å². The van der Waals surface area contributed by atoms with E-state index in [4.69, 9.17) is 18.9 Å². The molecule has 1 N–H and O–H groups in total. The summed E-state index contributed by atoms with van der Waals surface area (Å²) < 4.78 is 22.2. The molecule has 0 aromatic heterocycles. The highest BCUT2D eigenvalue weighted by molar-refractivity contribution is 5.51. The fourth-order valence-corrected chi connectivity index (χ4v) is 2.79.